The van der Waals surface area contributed by atoms with Gasteiger partial charge in [-0.15, -0.1) is 0 Å². The lowest BCUT2D eigenvalue weighted by atomic mass is 10.1. The van der Waals surface area contributed by atoms with Crippen molar-refractivity contribution in [2.45, 2.75) is 19.6 Å². The number of phenols is 4. The molecule has 43 heteroatoms. The van der Waals surface area contributed by atoms with Gasteiger partial charge in [0.1, 0.15) is 85.5 Å². The van der Waals surface area contributed by atoms with Crippen molar-refractivity contribution in [3.05, 3.63) is 221 Å². The van der Waals surface area contributed by atoms with Crippen molar-refractivity contribution >= 4 is 278 Å². The summed E-state index contributed by atoms with van der Waals surface area (Å²) in [5.74, 6) is -2.67. The Kier molecular flexibility index (Phi) is 29.8. The van der Waals surface area contributed by atoms with Crippen molar-refractivity contribution in [1.82, 2.24) is 21.5 Å². The number of anilines is 6. The van der Waals surface area contributed by atoms with E-state index in [2.05, 4.69) is 117 Å². The van der Waals surface area contributed by atoms with Crippen LogP contribution in [0.15, 0.2) is 218 Å². The molecule has 0 spiro atoms. The molecular formula is C74H58Br4N12O19S8-4. The molecule has 0 unspecified atom stereocenters. The first-order valence-electron chi connectivity index (χ1n) is 33.3. The molecule has 0 fully saturated rings. The fourth-order valence-corrected chi connectivity index (χ4v) is 17.0. The van der Waals surface area contributed by atoms with Gasteiger partial charge in [0, 0.05) is 58.3 Å². The Morgan fingerprint density at radius 1 is 0.402 bits per heavy atom. The van der Waals surface area contributed by atoms with E-state index in [9.17, 15) is 81.9 Å². The van der Waals surface area contributed by atoms with E-state index in [0.717, 1.165) is 82.5 Å². The van der Waals surface area contributed by atoms with Crippen molar-refractivity contribution in [2.24, 2.45) is 10.2 Å². The van der Waals surface area contributed by atoms with Gasteiger partial charge < -0.3 is 85.1 Å². The molecule has 0 saturated carbocycles. The molecule has 0 heterocycles. The molecule has 0 aliphatic heterocycles. The number of fused-ring (bicyclic) bond motifs is 2. The Hall–Kier alpha value is -10.0. The SMILES string of the molecule is O=C(CN(C(=S)Nc1ccc(/C=C/c2ccc(NC(=S)NCCOCCNC(=S)Nc3ccc(/C=C/c4ccc(NC(=S)N(CC(=O)N/N=C/c5cc(Br)c(O)c(Br)c5O)c5ccc6ccccc6c5)cc4S(=O)(=O)[O-])c(S(=O)(=O)[O-])c3)cc2S(=O)(=O)[O-])c(S(=O)(=O)[O-])c1)c1ccc2ccccc2c1)N/N=C/c1cc(Br)c(O)c(Br)c1O. The lowest BCUT2D eigenvalue weighted by molar-refractivity contribution is -0.120. The molecule has 2 amide bonds. The second-order valence-corrected chi connectivity index (χ2v) is 34.7. The van der Waals surface area contributed by atoms with E-state index in [-0.39, 0.29) is 144 Å². The van der Waals surface area contributed by atoms with E-state index < -0.39 is 85.0 Å². The van der Waals surface area contributed by atoms with Crippen LogP contribution < -0.4 is 52.6 Å². The number of carbonyl (C=O) groups is 2. The topological polar surface area (TPSA) is 481 Å². The van der Waals surface area contributed by atoms with Gasteiger partial charge in [0.05, 0.1) is 54.2 Å². The molecule has 0 atom stereocenters. The van der Waals surface area contributed by atoms with Crippen LogP contribution in [0.2, 0.25) is 0 Å². The summed E-state index contributed by atoms with van der Waals surface area (Å²) in [6.45, 7) is -0.662. The normalized spacial score (nSPS) is 12.0. The molecule has 0 radical (unpaired) electrons. The fourth-order valence-electron chi connectivity index (χ4n) is 10.9. The van der Waals surface area contributed by atoms with Crippen molar-refractivity contribution in [1.29, 1.82) is 0 Å². The summed E-state index contributed by atoms with van der Waals surface area (Å²) in [4.78, 5) is 26.6. The Labute approximate surface area is 723 Å². The molecule has 0 bridgehead atoms. The number of nitrogens with one attached hydrogen (secondary N) is 8. The number of phenolic OH excluding ortho intramolecular Hbond substituents is 4. The Balaban J connectivity index is 0.710. The van der Waals surface area contributed by atoms with Gasteiger partial charge in [0.2, 0.25) is 0 Å². The highest BCUT2D eigenvalue weighted by Gasteiger charge is 2.23. The number of hydrogen-bond acceptors (Lipinski definition) is 25. The van der Waals surface area contributed by atoms with Gasteiger partial charge in [-0.05, 0) is 241 Å². The predicted octanol–water partition coefficient (Wildman–Crippen LogP) is 11.8. The maximum Gasteiger partial charge on any atom is 0.260 e. The molecular weight excluding hydrogens is 1940 g/mol. The van der Waals surface area contributed by atoms with Crippen LogP contribution >= 0.6 is 113 Å². The number of ether oxygens (including phenoxy) is 1. The quantitative estimate of drug-likeness (QED) is 0.00541. The van der Waals surface area contributed by atoms with Crippen molar-refractivity contribution < 1.29 is 86.6 Å². The van der Waals surface area contributed by atoms with E-state index in [4.69, 9.17) is 53.6 Å². The lowest BCUT2D eigenvalue weighted by Gasteiger charge is -2.26. The van der Waals surface area contributed by atoms with E-state index in [0.29, 0.717) is 11.4 Å². The third kappa shape index (κ3) is 24.1. The molecule has 31 nitrogen and oxygen atoms in total. The van der Waals surface area contributed by atoms with Gasteiger partial charge in [0.15, 0.2) is 20.4 Å². The Morgan fingerprint density at radius 3 is 1.03 bits per heavy atom. The van der Waals surface area contributed by atoms with Crippen molar-refractivity contribution in [3.63, 3.8) is 0 Å². The Bertz CT molecular complexity index is 5900. The molecule has 10 aromatic rings. The van der Waals surface area contributed by atoms with Gasteiger partial charge >= 0.3 is 0 Å². The van der Waals surface area contributed by atoms with Gasteiger partial charge in [-0.1, -0.05) is 109 Å². The summed E-state index contributed by atoms with van der Waals surface area (Å²) >= 11 is 34.8. The van der Waals surface area contributed by atoms with Gasteiger partial charge in [-0.25, -0.2) is 44.5 Å². The largest absolute Gasteiger partial charge is 0.744 e. The zero-order valence-electron chi connectivity index (χ0n) is 59.4. The number of amides is 2. The van der Waals surface area contributed by atoms with Crippen LogP contribution in [0, 0.1) is 0 Å². The summed E-state index contributed by atoms with van der Waals surface area (Å²) in [7, 11) is -21.0. The van der Waals surface area contributed by atoms with E-state index in [1.807, 2.05) is 36.4 Å². The highest BCUT2D eigenvalue weighted by Crippen LogP contribution is 2.42. The molecule has 117 heavy (non-hydrogen) atoms. The number of benzene rings is 10. The second kappa shape index (κ2) is 39.0. The minimum Gasteiger partial charge on any atom is -0.744 e. The highest BCUT2D eigenvalue weighted by molar-refractivity contribution is 9.11. The number of hydrazone groups is 2. The van der Waals surface area contributed by atoms with Crippen LogP contribution in [-0.2, 0) is 54.8 Å². The summed E-state index contributed by atoms with van der Waals surface area (Å²) in [5, 5.41) is 68.9. The average molecular weight is 2000 g/mol. The summed E-state index contributed by atoms with van der Waals surface area (Å²) in [6.07, 6.45) is 6.72. The fraction of sp³-hybridized carbons (Fsp3) is 0.0811. The van der Waals surface area contributed by atoms with Crippen LogP contribution in [0.25, 0.3) is 45.8 Å². The van der Waals surface area contributed by atoms with Crippen LogP contribution in [0.1, 0.15) is 33.4 Å². The van der Waals surface area contributed by atoms with E-state index in [1.165, 1.54) is 70.5 Å². The minimum atomic E-state index is -5.28. The summed E-state index contributed by atoms with van der Waals surface area (Å²) in [5.41, 5.74) is 4.98. The maximum atomic E-state index is 13.4. The zero-order chi connectivity index (χ0) is 84.8. The minimum absolute atomic E-state index is 0.0202. The number of thiocarbonyl (C=S) groups is 4. The molecule has 0 aromatic heterocycles. The zero-order valence-corrected chi connectivity index (χ0v) is 72.2. The monoisotopic (exact) mass is 1990 g/mol. The maximum absolute atomic E-state index is 13.4. The van der Waals surface area contributed by atoms with Crippen molar-refractivity contribution in [3.8, 4) is 23.0 Å². The van der Waals surface area contributed by atoms with Crippen molar-refractivity contribution in [2.75, 3.05) is 70.5 Å². The molecule has 608 valence electrons. The van der Waals surface area contributed by atoms with Crippen LogP contribution in [0.4, 0.5) is 34.1 Å². The Morgan fingerprint density at radius 2 is 0.709 bits per heavy atom. The summed E-state index contributed by atoms with van der Waals surface area (Å²) in [6, 6.07) is 42.1. The number of aromatic hydroxyl groups is 4. The van der Waals surface area contributed by atoms with Crippen LogP contribution in [0.3, 0.4) is 0 Å². The predicted molar refractivity (Wildman–Crippen MR) is 472 cm³/mol. The number of hydrogen-bond donors (Lipinski definition) is 12. The third-order valence-electron chi connectivity index (χ3n) is 16.5. The van der Waals surface area contributed by atoms with Crippen LogP contribution in [0.5, 0.6) is 23.0 Å². The smallest absolute Gasteiger partial charge is 0.260 e. The number of carbonyl (C=O) groups excluding carboxylic acids is 2. The number of nitrogens with zero attached hydrogens (tertiary/aromatic N) is 4. The standard InChI is InChI=1S/C74H62Br4N12O19S8/c75-57-31-49(67(93)65(77)69(57)95)37-81-87-63(91)39-89(55-23-17-41-5-1-3-7-47(41)29-55)73(112)85-53-21-15-45(61(35-53)116(103,104)105)11-9-43-13-19-51(33-59(43)114(97,98)99)83-71(110)79-25-27-109-28-26-80-72(111)84-52-20-14-44(60(34-52)115(100,101)102)10-12-46-16-22-54(36-62(46)117(106,107)108)86-74(113)90(56-24-18-42-6-2-4-8-48(42)30-56)40-64(92)88-82-38-50-32-58(76)70(96)66(78)68(50)94/h1-24,29-38,93-96H,25-28,39-40H2,(H,85,112)(H,86,113)(H,87,91)(H,88,92)(H2,79,83,110)(H2,80,84,111)(H,97,98,99)(H,100,101,102)(H,103,104,105)(H,106,107,108)/p-4/b11-9+,12-10+,81-37+,82-38+. The van der Waals surface area contributed by atoms with Gasteiger partial charge in [0.25, 0.3) is 11.8 Å². The number of halogens is 4. The average Bonchev–Trinajstić information content (AvgIpc) is 0.785. The van der Waals surface area contributed by atoms with Crippen LogP contribution in [-0.4, -0.2) is 156 Å². The third-order valence-corrected chi connectivity index (χ3v) is 23.9. The van der Waals surface area contributed by atoms with E-state index >= 15 is 0 Å². The molecule has 0 aliphatic rings. The van der Waals surface area contributed by atoms with Gasteiger partial charge in [-0.2, -0.15) is 10.2 Å². The molecule has 12 N–H and O–H groups in total. The van der Waals surface area contributed by atoms with E-state index in [1.54, 1.807) is 48.5 Å². The summed E-state index contributed by atoms with van der Waals surface area (Å²) < 4.78 is 159. The van der Waals surface area contributed by atoms with Gasteiger partial charge in [-0.3, -0.25) is 9.59 Å². The molecule has 0 aliphatic carbocycles. The number of rotatable bonds is 28. The highest BCUT2D eigenvalue weighted by atomic mass is 79.9. The lowest BCUT2D eigenvalue weighted by Crippen LogP contribution is -2.41. The first kappa shape index (κ1) is 89.3. The molecule has 10 aromatic carbocycles. The first-order chi connectivity index (χ1) is 55.3. The first-order valence-corrected chi connectivity index (χ1v) is 43.7. The molecule has 0 saturated heterocycles. The molecule has 10 rings (SSSR count). The second-order valence-electron chi connectivity index (χ2n) is 24.5.